The van der Waals surface area contributed by atoms with E-state index in [0.29, 0.717) is 6.54 Å². The summed E-state index contributed by atoms with van der Waals surface area (Å²) in [5, 5.41) is 5.82. The first kappa shape index (κ1) is 14.3. The van der Waals surface area contributed by atoms with Crippen molar-refractivity contribution in [2.45, 2.75) is 24.9 Å². The average Bonchev–Trinajstić information content (AvgIpc) is 2.62. The van der Waals surface area contributed by atoms with Crippen LogP contribution >= 0.6 is 0 Å². The van der Waals surface area contributed by atoms with E-state index in [9.17, 15) is 9.59 Å². The lowest BCUT2D eigenvalue weighted by Gasteiger charge is -2.26. The number of rotatable bonds is 4. The van der Waals surface area contributed by atoms with Crippen molar-refractivity contribution >= 4 is 11.8 Å². The normalized spacial score (nSPS) is 23.8. The van der Waals surface area contributed by atoms with E-state index >= 15 is 0 Å². The van der Waals surface area contributed by atoms with Crippen molar-refractivity contribution in [3.8, 4) is 0 Å². The summed E-state index contributed by atoms with van der Waals surface area (Å²) >= 11 is 0. The Bertz CT molecular complexity index is 513. The number of hydrogen-bond donors (Lipinski definition) is 3. The molecule has 1 aromatic rings. The second-order valence-electron chi connectivity index (χ2n) is 4.88. The zero-order valence-corrected chi connectivity index (χ0v) is 11.4. The summed E-state index contributed by atoms with van der Waals surface area (Å²) < 4.78 is 0. The van der Waals surface area contributed by atoms with Crippen molar-refractivity contribution in [3.05, 3.63) is 48.0 Å². The third kappa shape index (κ3) is 3.24. The lowest BCUT2D eigenvalue weighted by molar-refractivity contribution is -0.124. The average molecular weight is 273 g/mol. The lowest BCUT2D eigenvalue weighted by atomic mass is 9.90. The van der Waals surface area contributed by atoms with Crippen molar-refractivity contribution in [2.24, 2.45) is 5.73 Å². The molecule has 1 aromatic carbocycles. The highest BCUT2D eigenvalue weighted by atomic mass is 16.2. The Balaban J connectivity index is 2.28. The number of carbonyl (C=O) groups excluding carboxylic acids is 2. The number of primary amides is 1. The topological polar surface area (TPSA) is 84.2 Å². The number of benzene rings is 1. The van der Waals surface area contributed by atoms with E-state index in [-0.39, 0.29) is 11.8 Å². The van der Waals surface area contributed by atoms with Gasteiger partial charge in [-0.05, 0) is 12.5 Å². The van der Waals surface area contributed by atoms with Gasteiger partial charge in [0, 0.05) is 12.5 Å². The third-order valence-electron chi connectivity index (χ3n) is 3.42. The fourth-order valence-electron chi connectivity index (χ4n) is 2.27. The summed E-state index contributed by atoms with van der Waals surface area (Å²) in [4.78, 5) is 23.4. The second-order valence-corrected chi connectivity index (χ2v) is 4.88. The molecule has 5 heteroatoms. The molecule has 0 saturated heterocycles. The second kappa shape index (κ2) is 6.34. The van der Waals surface area contributed by atoms with Crippen LogP contribution in [0.1, 0.15) is 18.4 Å². The highest BCUT2D eigenvalue weighted by Crippen LogP contribution is 2.23. The van der Waals surface area contributed by atoms with Gasteiger partial charge in [0.05, 0.1) is 12.1 Å². The maximum Gasteiger partial charge on any atom is 0.238 e. The zero-order chi connectivity index (χ0) is 14.5. The van der Waals surface area contributed by atoms with Gasteiger partial charge < -0.3 is 11.1 Å². The minimum atomic E-state index is -0.566. The standard InChI is InChI=1S/C15H19N3O2/c1-10(14(16)19)18-13-12(8-5-9-17-15(13)20)11-6-3-2-4-7-11/h2-8,10,12-13,18H,9H2,1H3,(H2,16,19)(H,17,20)/t10-,12-,13-/m0/s1. The van der Waals surface area contributed by atoms with Gasteiger partial charge in [-0.25, -0.2) is 0 Å². The summed E-state index contributed by atoms with van der Waals surface area (Å²) in [5.74, 6) is -0.727. The van der Waals surface area contributed by atoms with Crippen LogP contribution in [0.15, 0.2) is 42.5 Å². The minimum absolute atomic E-state index is 0.125. The largest absolute Gasteiger partial charge is 0.368 e. The first-order chi connectivity index (χ1) is 9.59. The zero-order valence-electron chi connectivity index (χ0n) is 11.4. The molecule has 0 aromatic heterocycles. The molecule has 1 aliphatic heterocycles. The van der Waals surface area contributed by atoms with E-state index in [2.05, 4.69) is 10.6 Å². The summed E-state index contributed by atoms with van der Waals surface area (Å²) in [6.45, 7) is 2.15. The summed E-state index contributed by atoms with van der Waals surface area (Å²) in [6.07, 6.45) is 3.91. The Hall–Kier alpha value is -2.14. The molecule has 106 valence electrons. The quantitative estimate of drug-likeness (QED) is 0.689. The maximum absolute atomic E-state index is 12.2. The van der Waals surface area contributed by atoms with Crippen LogP contribution in [0.25, 0.3) is 0 Å². The van der Waals surface area contributed by atoms with E-state index in [1.54, 1.807) is 6.92 Å². The molecule has 0 bridgehead atoms. The predicted octanol–water partition coefficient (Wildman–Crippen LogP) is 0.288. The SMILES string of the molecule is C[C@H](N[C@@H]1C(=O)NCC=C[C@H]1c1ccccc1)C(N)=O. The molecular formula is C15H19N3O2. The van der Waals surface area contributed by atoms with E-state index in [1.165, 1.54) is 0 Å². The van der Waals surface area contributed by atoms with Gasteiger partial charge >= 0.3 is 0 Å². The minimum Gasteiger partial charge on any atom is -0.368 e. The molecule has 0 spiro atoms. The highest BCUT2D eigenvalue weighted by molar-refractivity contribution is 5.86. The summed E-state index contributed by atoms with van der Waals surface area (Å²) in [6, 6.07) is 8.65. The van der Waals surface area contributed by atoms with Gasteiger partial charge in [0.15, 0.2) is 0 Å². The molecule has 4 N–H and O–H groups in total. The van der Waals surface area contributed by atoms with Crippen LogP contribution in [0.5, 0.6) is 0 Å². The van der Waals surface area contributed by atoms with Crippen LogP contribution < -0.4 is 16.4 Å². The van der Waals surface area contributed by atoms with Crippen molar-refractivity contribution in [1.82, 2.24) is 10.6 Å². The first-order valence-corrected chi connectivity index (χ1v) is 6.64. The Morgan fingerprint density at radius 3 is 2.75 bits per heavy atom. The van der Waals surface area contributed by atoms with Crippen LogP contribution in [-0.4, -0.2) is 30.4 Å². The van der Waals surface area contributed by atoms with Gasteiger partial charge in [0.2, 0.25) is 11.8 Å². The maximum atomic E-state index is 12.2. The molecular weight excluding hydrogens is 254 g/mol. The van der Waals surface area contributed by atoms with Gasteiger partial charge in [-0.1, -0.05) is 42.5 Å². The molecule has 1 heterocycles. The fraction of sp³-hybridized carbons (Fsp3) is 0.333. The number of amides is 2. The van der Waals surface area contributed by atoms with E-state index in [1.807, 2.05) is 42.5 Å². The van der Waals surface area contributed by atoms with Crippen LogP contribution in [0.3, 0.4) is 0 Å². The number of carbonyl (C=O) groups is 2. The molecule has 0 aliphatic carbocycles. The first-order valence-electron chi connectivity index (χ1n) is 6.64. The van der Waals surface area contributed by atoms with Gasteiger partial charge in [-0.15, -0.1) is 0 Å². The molecule has 20 heavy (non-hydrogen) atoms. The number of nitrogens with two attached hydrogens (primary N) is 1. The smallest absolute Gasteiger partial charge is 0.238 e. The van der Waals surface area contributed by atoms with Crippen molar-refractivity contribution in [1.29, 1.82) is 0 Å². The summed E-state index contributed by atoms with van der Waals surface area (Å²) in [5.41, 5.74) is 6.29. The fourth-order valence-corrected chi connectivity index (χ4v) is 2.27. The molecule has 0 saturated carbocycles. The Morgan fingerprint density at radius 2 is 2.10 bits per heavy atom. The van der Waals surface area contributed by atoms with Crippen molar-refractivity contribution in [2.75, 3.05) is 6.54 Å². The molecule has 0 unspecified atom stereocenters. The summed E-state index contributed by atoms with van der Waals surface area (Å²) in [7, 11) is 0. The molecule has 0 fully saturated rings. The predicted molar refractivity (Wildman–Crippen MR) is 76.9 cm³/mol. The molecule has 2 rings (SSSR count). The number of hydrogen-bond acceptors (Lipinski definition) is 3. The van der Waals surface area contributed by atoms with E-state index < -0.39 is 18.0 Å². The molecule has 3 atom stereocenters. The van der Waals surface area contributed by atoms with Crippen LogP contribution in [-0.2, 0) is 9.59 Å². The van der Waals surface area contributed by atoms with Crippen LogP contribution in [0, 0.1) is 0 Å². The number of nitrogens with one attached hydrogen (secondary N) is 2. The molecule has 5 nitrogen and oxygen atoms in total. The molecule has 0 radical (unpaired) electrons. The van der Waals surface area contributed by atoms with E-state index in [0.717, 1.165) is 5.56 Å². The van der Waals surface area contributed by atoms with Gasteiger partial charge in [-0.2, -0.15) is 0 Å². The monoisotopic (exact) mass is 273 g/mol. The van der Waals surface area contributed by atoms with E-state index in [4.69, 9.17) is 5.73 Å². The Morgan fingerprint density at radius 1 is 1.40 bits per heavy atom. The van der Waals surface area contributed by atoms with Gasteiger partial charge in [0.1, 0.15) is 0 Å². The van der Waals surface area contributed by atoms with Crippen LogP contribution in [0.2, 0.25) is 0 Å². The van der Waals surface area contributed by atoms with Gasteiger partial charge in [-0.3, -0.25) is 14.9 Å². The molecule has 1 aliphatic rings. The Kier molecular flexibility index (Phi) is 4.53. The molecule has 2 amide bonds. The van der Waals surface area contributed by atoms with Crippen molar-refractivity contribution in [3.63, 3.8) is 0 Å². The Labute approximate surface area is 118 Å². The van der Waals surface area contributed by atoms with Crippen molar-refractivity contribution < 1.29 is 9.59 Å². The lowest BCUT2D eigenvalue weighted by Crippen LogP contribution is -2.53. The van der Waals surface area contributed by atoms with Crippen LogP contribution in [0.4, 0.5) is 0 Å². The third-order valence-corrected chi connectivity index (χ3v) is 3.42. The van der Waals surface area contributed by atoms with Gasteiger partial charge in [0.25, 0.3) is 0 Å². The highest BCUT2D eigenvalue weighted by Gasteiger charge is 2.31.